The van der Waals surface area contributed by atoms with Gasteiger partial charge in [0.2, 0.25) is 0 Å². The highest BCUT2D eigenvalue weighted by atomic mass is 79.9. The number of amides is 1. The molecule has 0 heterocycles. The Morgan fingerprint density at radius 2 is 1.95 bits per heavy atom. The Labute approximate surface area is 143 Å². The van der Waals surface area contributed by atoms with Crippen LogP contribution in [0.1, 0.15) is 30.1 Å². The molecule has 0 unspecified atom stereocenters. The zero-order valence-corrected chi connectivity index (χ0v) is 14.6. The number of unbranched alkanes of at least 4 members (excludes halogenated alkanes) is 1. The van der Waals surface area contributed by atoms with Gasteiger partial charge >= 0.3 is 0 Å². The van der Waals surface area contributed by atoms with Crippen molar-refractivity contribution in [3.05, 3.63) is 57.5 Å². The van der Waals surface area contributed by atoms with E-state index in [-0.39, 0.29) is 5.91 Å². The van der Waals surface area contributed by atoms with Crippen molar-refractivity contribution in [2.24, 2.45) is 0 Å². The van der Waals surface area contributed by atoms with E-state index in [0.29, 0.717) is 22.9 Å². The second-order valence-corrected chi connectivity index (χ2v) is 6.07. The topological polar surface area (TPSA) is 38.3 Å². The monoisotopic (exact) mass is 381 g/mol. The lowest BCUT2D eigenvalue weighted by molar-refractivity contribution is 0.102. The maximum Gasteiger partial charge on any atom is 0.255 e. The number of anilines is 1. The van der Waals surface area contributed by atoms with Gasteiger partial charge in [0, 0.05) is 15.7 Å². The lowest BCUT2D eigenvalue weighted by atomic mass is 10.2. The lowest BCUT2D eigenvalue weighted by Crippen LogP contribution is -2.11. The summed E-state index contributed by atoms with van der Waals surface area (Å²) in [6.07, 6.45) is 2.11. The third-order valence-electron chi connectivity index (χ3n) is 3.06. The molecule has 0 aliphatic heterocycles. The fourth-order valence-corrected chi connectivity index (χ4v) is 2.24. The molecule has 2 aromatic carbocycles. The first kappa shape index (κ1) is 16.8. The van der Waals surface area contributed by atoms with Crippen molar-refractivity contribution in [1.82, 2.24) is 0 Å². The van der Waals surface area contributed by atoms with Gasteiger partial charge in [0.15, 0.2) is 0 Å². The molecule has 0 aromatic heterocycles. The van der Waals surface area contributed by atoms with Crippen molar-refractivity contribution in [2.45, 2.75) is 19.8 Å². The maximum atomic E-state index is 12.2. The summed E-state index contributed by atoms with van der Waals surface area (Å²) < 4.78 is 6.37. The van der Waals surface area contributed by atoms with Crippen LogP contribution in [0.15, 0.2) is 46.9 Å². The Morgan fingerprint density at radius 3 is 2.59 bits per heavy atom. The number of carbonyl (C=O) groups is 1. The highest BCUT2D eigenvalue weighted by Gasteiger charge is 2.07. The van der Waals surface area contributed by atoms with Crippen LogP contribution in [0.4, 0.5) is 5.69 Å². The first-order chi connectivity index (χ1) is 10.6. The summed E-state index contributed by atoms with van der Waals surface area (Å²) >= 11 is 9.33. The smallest absolute Gasteiger partial charge is 0.255 e. The summed E-state index contributed by atoms with van der Waals surface area (Å²) in [7, 11) is 0. The summed E-state index contributed by atoms with van der Waals surface area (Å²) in [6, 6.07) is 12.4. The van der Waals surface area contributed by atoms with Crippen molar-refractivity contribution in [1.29, 1.82) is 0 Å². The van der Waals surface area contributed by atoms with Crippen LogP contribution in [0.3, 0.4) is 0 Å². The Morgan fingerprint density at radius 1 is 1.23 bits per heavy atom. The first-order valence-corrected chi connectivity index (χ1v) is 8.26. The molecule has 0 atom stereocenters. The van der Waals surface area contributed by atoms with Crippen LogP contribution in [0.25, 0.3) is 0 Å². The molecule has 0 aliphatic carbocycles. The van der Waals surface area contributed by atoms with Crippen LogP contribution in [0.5, 0.6) is 5.75 Å². The zero-order valence-electron chi connectivity index (χ0n) is 12.2. The predicted molar refractivity (Wildman–Crippen MR) is 94.0 cm³/mol. The van der Waals surface area contributed by atoms with Crippen LogP contribution < -0.4 is 10.1 Å². The fourth-order valence-electron chi connectivity index (χ4n) is 1.81. The molecular weight excluding hydrogens is 366 g/mol. The summed E-state index contributed by atoms with van der Waals surface area (Å²) in [4.78, 5) is 12.2. The molecule has 116 valence electrons. The minimum absolute atomic E-state index is 0.182. The first-order valence-electron chi connectivity index (χ1n) is 7.09. The van der Waals surface area contributed by atoms with Crippen molar-refractivity contribution >= 4 is 39.1 Å². The SMILES string of the molecule is CCCCOc1ccc(C(=O)Nc2ccc(Br)c(Cl)c2)cc1. The highest BCUT2D eigenvalue weighted by molar-refractivity contribution is 9.10. The molecule has 5 heteroatoms. The minimum Gasteiger partial charge on any atom is -0.494 e. The number of halogens is 2. The molecule has 2 rings (SSSR count). The van der Waals surface area contributed by atoms with Crippen LogP contribution in [-0.4, -0.2) is 12.5 Å². The summed E-state index contributed by atoms with van der Waals surface area (Å²) in [5.41, 5.74) is 1.23. The van der Waals surface area contributed by atoms with Crippen LogP contribution in [0.2, 0.25) is 5.02 Å². The Bertz CT molecular complexity index is 644. The molecule has 0 aliphatic rings. The normalized spacial score (nSPS) is 10.3. The number of nitrogens with one attached hydrogen (secondary N) is 1. The average molecular weight is 383 g/mol. The maximum absolute atomic E-state index is 12.2. The largest absolute Gasteiger partial charge is 0.494 e. The fraction of sp³-hybridized carbons (Fsp3) is 0.235. The van der Waals surface area contributed by atoms with Crippen LogP contribution in [0, 0.1) is 0 Å². The van der Waals surface area contributed by atoms with E-state index in [4.69, 9.17) is 16.3 Å². The second-order valence-electron chi connectivity index (χ2n) is 4.81. The van der Waals surface area contributed by atoms with Gasteiger partial charge in [-0.25, -0.2) is 0 Å². The van der Waals surface area contributed by atoms with Gasteiger partial charge in [-0.1, -0.05) is 24.9 Å². The number of benzene rings is 2. The van der Waals surface area contributed by atoms with E-state index in [2.05, 4.69) is 28.2 Å². The summed E-state index contributed by atoms with van der Waals surface area (Å²) in [5.74, 6) is 0.593. The van der Waals surface area contributed by atoms with E-state index in [1.807, 2.05) is 0 Å². The van der Waals surface area contributed by atoms with Gasteiger partial charge in [-0.15, -0.1) is 0 Å². The minimum atomic E-state index is -0.182. The summed E-state index contributed by atoms with van der Waals surface area (Å²) in [6.45, 7) is 2.81. The number of carbonyl (C=O) groups excluding carboxylic acids is 1. The van der Waals surface area contributed by atoms with Gasteiger partial charge in [0.1, 0.15) is 5.75 Å². The van der Waals surface area contributed by atoms with Gasteiger partial charge in [0.25, 0.3) is 5.91 Å². The van der Waals surface area contributed by atoms with E-state index >= 15 is 0 Å². The third-order valence-corrected chi connectivity index (χ3v) is 4.29. The zero-order chi connectivity index (χ0) is 15.9. The van der Waals surface area contributed by atoms with Crippen molar-refractivity contribution in [2.75, 3.05) is 11.9 Å². The standard InChI is InChI=1S/C17H17BrClNO2/c1-2-3-10-22-14-7-4-12(5-8-14)17(21)20-13-6-9-15(18)16(19)11-13/h4-9,11H,2-3,10H2,1H3,(H,20,21). The molecule has 1 amide bonds. The van der Waals surface area contributed by atoms with E-state index < -0.39 is 0 Å². The number of hydrogen-bond donors (Lipinski definition) is 1. The molecule has 0 saturated carbocycles. The number of ether oxygens (including phenoxy) is 1. The van der Waals surface area contributed by atoms with E-state index in [0.717, 1.165) is 23.1 Å². The highest BCUT2D eigenvalue weighted by Crippen LogP contribution is 2.25. The van der Waals surface area contributed by atoms with E-state index in [9.17, 15) is 4.79 Å². The molecule has 0 radical (unpaired) electrons. The molecule has 0 fully saturated rings. The van der Waals surface area contributed by atoms with Gasteiger partial charge in [-0.05, 0) is 64.8 Å². The molecular formula is C17H17BrClNO2. The predicted octanol–water partition coefficient (Wildman–Crippen LogP) is 5.53. The second kappa shape index (κ2) is 8.20. The molecule has 0 saturated heterocycles. The summed E-state index contributed by atoms with van der Waals surface area (Å²) in [5, 5.41) is 3.37. The van der Waals surface area contributed by atoms with Crippen molar-refractivity contribution < 1.29 is 9.53 Å². The third kappa shape index (κ3) is 4.75. The Hall–Kier alpha value is -1.52. The van der Waals surface area contributed by atoms with Crippen LogP contribution in [-0.2, 0) is 0 Å². The number of hydrogen-bond acceptors (Lipinski definition) is 2. The van der Waals surface area contributed by atoms with Crippen molar-refractivity contribution in [3.8, 4) is 5.75 Å². The van der Waals surface area contributed by atoms with Gasteiger partial charge in [-0.3, -0.25) is 4.79 Å². The molecule has 22 heavy (non-hydrogen) atoms. The molecule has 1 N–H and O–H groups in total. The quantitative estimate of drug-likeness (QED) is 0.667. The Balaban J connectivity index is 1.98. The molecule has 0 bridgehead atoms. The molecule has 3 nitrogen and oxygen atoms in total. The number of rotatable bonds is 6. The van der Waals surface area contributed by atoms with Gasteiger partial charge < -0.3 is 10.1 Å². The van der Waals surface area contributed by atoms with Crippen molar-refractivity contribution in [3.63, 3.8) is 0 Å². The van der Waals surface area contributed by atoms with E-state index in [1.54, 1.807) is 42.5 Å². The molecule has 0 spiro atoms. The lowest BCUT2D eigenvalue weighted by Gasteiger charge is -2.08. The van der Waals surface area contributed by atoms with Crippen LogP contribution >= 0.6 is 27.5 Å². The Kier molecular flexibility index (Phi) is 6.28. The molecule has 2 aromatic rings. The van der Waals surface area contributed by atoms with Gasteiger partial charge in [0.05, 0.1) is 11.6 Å². The van der Waals surface area contributed by atoms with E-state index in [1.165, 1.54) is 0 Å². The van der Waals surface area contributed by atoms with Gasteiger partial charge in [-0.2, -0.15) is 0 Å². The average Bonchev–Trinajstić information content (AvgIpc) is 2.52.